The summed E-state index contributed by atoms with van der Waals surface area (Å²) in [4.78, 5) is 8.16. The summed E-state index contributed by atoms with van der Waals surface area (Å²) >= 11 is 0. The summed E-state index contributed by atoms with van der Waals surface area (Å²) in [5.41, 5.74) is 5.58. The second-order valence-corrected chi connectivity index (χ2v) is 9.02. The SMILES string of the molecule is CCCCCc1ccc(-c2cccc3[cH-]c(CC)cc23)cc1.C[Si](C)O.[Cl-].[Cl-].[Zr+3]. The Bertz CT molecular complexity index is 797. The molecular weight excluding hydrogens is 494 g/mol. The molecule has 0 spiro atoms. The van der Waals surface area contributed by atoms with Gasteiger partial charge in [0.05, 0.1) is 0 Å². The van der Waals surface area contributed by atoms with Crippen molar-refractivity contribution in [1.82, 2.24) is 0 Å². The van der Waals surface area contributed by atoms with E-state index in [2.05, 4.69) is 68.4 Å². The Labute approximate surface area is 210 Å². The molecule has 29 heavy (non-hydrogen) atoms. The van der Waals surface area contributed by atoms with Crippen LogP contribution in [0.3, 0.4) is 0 Å². The van der Waals surface area contributed by atoms with Gasteiger partial charge in [-0.15, -0.1) is 34.5 Å². The summed E-state index contributed by atoms with van der Waals surface area (Å²) in [5, 5.41) is 2.75. The van der Waals surface area contributed by atoms with E-state index in [1.165, 1.54) is 58.7 Å². The Morgan fingerprint density at radius 3 is 2.10 bits per heavy atom. The van der Waals surface area contributed by atoms with Crippen LogP contribution in [0.4, 0.5) is 0 Å². The number of benzene rings is 2. The molecule has 1 nitrogen and oxygen atoms in total. The zero-order valence-electron chi connectivity index (χ0n) is 17.9. The molecule has 0 atom stereocenters. The molecule has 1 N–H and O–H groups in total. The molecule has 0 aromatic heterocycles. The molecule has 3 rings (SSSR count). The van der Waals surface area contributed by atoms with Gasteiger partial charge in [-0.1, -0.05) is 62.6 Å². The van der Waals surface area contributed by atoms with Gasteiger partial charge in [-0.25, -0.2) is 0 Å². The van der Waals surface area contributed by atoms with Crippen molar-refractivity contribution in [3.63, 3.8) is 0 Å². The zero-order valence-corrected chi connectivity index (χ0v) is 22.9. The maximum absolute atomic E-state index is 8.16. The van der Waals surface area contributed by atoms with Gasteiger partial charge in [-0.2, -0.15) is 6.07 Å². The Balaban J connectivity index is 0. The van der Waals surface area contributed by atoms with E-state index >= 15 is 0 Å². The molecule has 3 aromatic rings. The first-order valence-corrected chi connectivity index (χ1v) is 12.3. The number of aryl methyl sites for hydroxylation is 2. The van der Waals surface area contributed by atoms with Gasteiger partial charge in [-0.3, -0.25) is 0 Å². The van der Waals surface area contributed by atoms with Crippen LogP contribution in [0, 0.1) is 0 Å². The molecule has 0 unspecified atom stereocenters. The molecule has 3 aromatic carbocycles. The fraction of sp³-hybridized carbons (Fsp3) is 0.375. The van der Waals surface area contributed by atoms with Gasteiger partial charge in [-0.05, 0) is 43.5 Å². The first-order chi connectivity index (χ1) is 12.5. The second-order valence-electron chi connectivity index (χ2n) is 7.13. The van der Waals surface area contributed by atoms with Crippen LogP contribution in [0.1, 0.15) is 44.2 Å². The third-order valence-electron chi connectivity index (χ3n) is 4.55. The minimum Gasteiger partial charge on any atom is -1.00 e. The number of halogens is 2. The largest absolute Gasteiger partial charge is 3.00 e. The number of hydrogen-bond donors (Lipinski definition) is 1. The van der Waals surface area contributed by atoms with Crippen molar-refractivity contribution in [2.45, 2.75) is 59.0 Å². The van der Waals surface area contributed by atoms with Gasteiger partial charge in [0, 0.05) is 0 Å². The van der Waals surface area contributed by atoms with Crippen molar-refractivity contribution in [3.8, 4) is 11.1 Å². The molecule has 0 saturated carbocycles. The summed E-state index contributed by atoms with van der Waals surface area (Å²) in [5.74, 6) is 0. The van der Waals surface area contributed by atoms with Crippen LogP contribution in [0.15, 0.2) is 54.6 Å². The minimum absolute atomic E-state index is 0. The number of hydrogen-bond acceptors (Lipinski definition) is 1. The van der Waals surface area contributed by atoms with Crippen LogP contribution in [0.2, 0.25) is 13.1 Å². The normalized spacial score (nSPS) is 9.72. The van der Waals surface area contributed by atoms with E-state index in [0.29, 0.717) is 0 Å². The molecule has 0 heterocycles. The third-order valence-corrected chi connectivity index (χ3v) is 4.55. The first-order valence-electron chi connectivity index (χ1n) is 9.82. The van der Waals surface area contributed by atoms with E-state index in [9.17, 15) is 0 Å². The molecule has 0 aliphatic carbocycles. The van der Waals surface area contributed by atoms with Gasteiger partial charge < -0.3 is 29.6 Å². The quantitative estimate of drug-likeness (QED) is 0.286. The number of rotatable bonds is 6. The molecule has 0 aliphatic rings. The minimum atomic E-state index is -0.880. The van der Waals surface area contributed by atoms with Crippen molar-refractivity contribution in [1.29, 1.82) is 0 Å². The van der Waals surface area contributed by atoms with Crippen molar-refractivity contribution in [3.05, 3.63) is 65.7 Å². The van der Waals surface area contributed by atoms with Gasteiger partial charge >= 0.3 is 26.2 Å². The molecular formula is C24H32Cl2OSiZr. The number of unbranched alkanes of at least 4 members (excludes halogenated alkanes) is 2. The van der Waals surface area contributed by atoms with Crippen molar-refractivity contribution in [2.75, 3.05) is 0 Å². The van der Waals surface area contributed by atoms with Crippen LogP contribution < -0.4 is 24.8 Å². The van der Waals surface area contributed by atoms with E-state index in [1.54, 1.807) is 0 Å². The maximum Gasteiger partial charge on any atom is 3.00 e. The molecule has 0 saturated heterocycles. The second kappa shape index (κ2) is 16.4. The predicted molar refractivity (Wildman–Crippen MR) is 117 cm³/mol. The Morgan fingerprint density at radius 1 is 0.931 bits per heavy atom. The molecule has 0 aliphatic heterocycles. The molecule has 5 heteroatoms. The van der Waals surface area contributed by atoms with Crippen molar-refractivity contribution >= 4 is 19.8 Å². The third kappa shape index (κ3) is 10.0. The molecule has 0 bridgehead atoms. The molecule has 0 amide bonds. The van der Waals surface area contributed by atoms with Gasteiger partial charge in [0.15, 0.2) is 9.04 Å². The summed E-state index contributed by atoms with van der Waals surface area (Å²) in [6.45, 7) is 8.13. The van der Waals surface area contributed by atoms with Crippen LogP contribution in [0.25, 0.3) is 21.9 Å². The van der Waals surface area contributed by atoms with Gasteiger partial charge in [0.1, 0.15) is 0 Å². The van der Waals surface area contributed by atoms with E-state index < -0.39 is 9.04 Å². The number of fused-ring (bicyclic) bond motifs is 1. The van der Waals surface area contributed by atoms with E-state index in [1.807, 2.05) is 13.1 Å². The summed E-state index contributed by atoms with van der Waals surface area (Å²) < 4.78 is 0. The summed E-state index contributed by atoms with van der Waals surface area (Å²) in [7, 11) is -0.880. The monoisotopic (exact) mass is 524 g/mol. The Kier molecular flexibility index (Phi) is 17.5. The average molecular weight is 527 g/mol. The van der Waals surface area contributed by atoms with E-state index in [4.69, 9.17) is 4.80 Å². The van der Waals surface area contributed by atoms with E-state index in [-0.39, 0.29) is 51.0 Å². The van der Waals surface area contributed by atoms with Gasteiger partial charge in [0.25, 0.3) is 0 Å². The summed E-state index contributed by atoms with van der Waals surface area (Å²) in [6.07, 6.45) is 6.22. The molecule has 2 radical (unpaired) electrons. The Hall–Kier alpha value is -0.310. The zero-order chi connectivity index (χ0) is 18.9. The van der Waals surface area contributed by atoms with E-state index in [0.717, 1.165) is 6.42 Å². The van der Waals surface area contributed by atoms with Gasteiger partial charge in [0.2, 0.25) is 0 Å². The maximum atomic E-state index is 8.16. The van der Waals surface area contributed by atoms with Crippen molar-refractivity contribution < 1.29 is 55.8 Å². The summed E-state index contributed by atoms with van der Waals surface area (Å²) in [6, 6.07) is 20.5. The molecule has 0 fully saturated rings. The van der Waals surface area contributed by atoms with Crippen LogP contribution in [-0.2, 0) is 39.0 Å². The van der Waals surface area contributed by atoms with Crippen LogP contribution in [-0.4, -0.2) is 13.8 Å². The predicted octanol–water partition coefficient (Wildman–Crippen LogP) is 0.756. The van der Waals surface area contributed by atoms with Crippen LogP contribution in [0.5, 0.6) is 0 Å². The smallest absolute Gasteiger partial charge is 1.00 e. The standard InChI is InChI=1S/C22H25.C2H7OSi.2ClH.Zr/c1-3-5-6-8-18-11-13-19(14-12-18)21-10-7-9-20-15-17(4-2)16-22(20)21;1-4(2)3;;;/h7,9-16H,3-6,8H2,1-2H3;3H,1-2H3;2*1H;/q-1;;;;+3/p-2. The van der Waals surface area contributed by atoms with Crippen molar-refractivity contribution in [2.24, 2.45) is 0 Å². The Morgan fingerprint density at radius 2 is 1.55 bits per heavy atom. The first kappa shape index (κ1) is 30.9. The molecule has 156 valence electrons. The fourth-order valence-corrected chi connectivity index (χ4v) is 3.18. The fourth-order valence-electron chi connectivity index (χ4n) is 3.18. The average Bonchev–Trinajstić information content (AvgIpc) is 3.05. The topological polar surface area (TPSA) is 20.2 Å². The van der Waals surface area contributed by atoms with Crippen LogP contribution >= 0.6 is 0 Å².